The molecule has 0 aliphatic rings. The number of hydrogen-bond acceptors (Lipinski definition) is 4. The van der Waals surface area contributed by atoms with Gasteiger partial charge in [-0.2, -0.15) is 17.9 Å². The van der Waals surface area contributed by atoms with Crippen LogP contribution in [0.2, 0.25) is 0 Å². The second kappa shape index (κ2) is 6.47. The van der Waals surface area contributed by atoms with Crippen LogP contribution in [0.1, 0.15) is 18.7 Å². The van der Waals surface area contributed by atoms with Gasteiger partial charge in [0.15, 0.2) is 5.82 Å². The quantitative estimate of drug-likeness (QED) is 0.826. The maximum absolute atomic E-state index is 12.0. The van der Waals surface area contributed by atoms with Crippen molar-refractivity contribution in [2.75, 3.05) is 6.54 Å². The van der Waals surface area contributed by atoms with Gasteiger partial charge in [0.1, 0.15) is 0 Å². The molecule has 1 heterocycles. The van der Waals surface area contributed by atoms with E-state index in [9.17, 15) is 13.2 Å². The molecule has 108 valence electrons. The van der Waals surface area contributed by atoms with E-state index in [4.69, 9.17) is 0 Å². The first-order valence-corrected chi connectivity index (χ1v) is 6.16. The van der Waals surface area contributed by atoms with Crippen LogP contribution in [-0.2, 0) is 6.54 Å². The van der Waals surface area contributed by atoms with Gasteiger partial charge >= 0.3 is 6.18 Å². The predicted molar refractivity (Wildman–Crippen MR) is 66.1 cm³/mol. The molecule has 0 unspecified atom stereocenters. The Morgan fingerprint density at radius 1 is 1.15 bits per heavy atom. The zero-order chi connectivity index (χ0) is 14.4. The molecule has 0 saturated heterocycles. The lowest BCUT2D eigenvalue weighted by molar-refractivity contribution is -0.135. The summed E-state index contributed by atoms with van der Waals surface area (Å²) in [6.45, 7) is 0.584. The predicted octanol–water partition coefficient (Wildman–Crippen LogP) is 2.09. The van der Waals surface area contributed by atoms with E-state index < -0.39 is 12.6 Å². The third kappa shape index (κ3) is 4.30. The summed E-state index contributed by atoms with van der Waals surface area (Å²) in [7, 11) is 0. The summed E-state index contributed by atoms with van der Waals surface area (Å²) >= 11 is 0. The van der Waals surface area contributed by atoms with Gasteiger partial charge in [-0.15, -0.1) is 5.10 Å². The van der Waals surface area contributed by atoms with E-state index >= 15 is 0 Å². The average molecular weight is 285 g/mol. The third-order valence-corrected chi connectivity index (χ3v) is 2.63. The summed E-state index contributed by atoms with van der Waals surface area (Å²) in [4.78, 5) is 0. The van der Waals surface area contributed by atoms with Gasteiger partial charge in [-0.05, 0) is 35.5 Å². The van der Waals surface area contributed by atoms with Crippen molar-refractivity contribution in [1.29, 1.82) is 0 Å². The largest absolute Gasteiger partial charge is 0.389 e. The molecule has 8 heteroatoms. The Balaban J connectivity index is 1.84. The first-order valence-electron chi connectivity index (χ1n) is 6.16. The molecule has 0 spiro atoms. The van der Waals surface area contributed by atoms with Gasteiger partial charge in [0.2, 0.25) is 0 Å². The van der Waals surface area contributed by atoms with Crippen molar-refractivity contribution in [2.45, 2.75) is 25.6 Å². The number of rotatable bonds is 6. The highest BCUT2D eigenvalue weighted by Crippen LogP contribution is 2.20. The minimum absolute atomic E-state index is 0.0381. The summed E-state index contributed by atoms with van der Waals surface area (Å²) in [5, 5.41) is 14.2. The number of nitrogens with zero attached hydrogens (tertiary/aromatic N) is 4. The molecule has 0 fully saturated rings. The fourth-order valence-electron chi connectivity index (χ4n) is 1.70. The number of benzene rings is 1. The Morgan fingerprint density at radius 3 is 2.60 bits per heavy atom. The molecule has 0 aliphatic carbocycles. The smallest absolute Gasteiger partial charge is 0.310 e. The number of alkyl halides is 3. The highest BCUT2D eigenvalue weighted by atomic mass is 19.4. The number of nitrogens with one attached hydrogen (secondary N) is 1. The van der Waals surface area contributed by atoms with Crippen LogP contribution in [0.3, 0.4) is 0 Å². The van der Waals surface area contributed by atoms with Crippen LogP contribution in [0.25, 0.3) is 5.69 Å². The molecule has 1 aromatic heterocycles. The van der Waals surface area contributed by atoms with Gasteiger partial charge in [0.25, 0.3) is 0 Å². The van der Waals surface area contributed by atoms with Crippen molar-refractivity contribution in [3.8, 4) is 5.69 Å². The van der Waals surface area contributed by atoms with Crippen LogP contribution >= 0.6 is 0 Å². The van der Waals surface area contributed by atoms with Gasteiger partial charge in [-0.25, -0.2) is 0 Å². The van der Waals surface area contributed by atoms with Crippen molar-refractivity contribution >= 4 is 0 Å². The van der Waals surface area contributed by atoms with E-state index in [1.165, 1.54) is 0 Å². The van der Waals surface area contributed by atoms with E-state index in [1.807, 2.05) is 30.3 Å². The van der Waals surface area contributed by atoms with E-state index in [0.717, 1.165) is 5.69 Å². The van der Waals surface area contributed by atoms with E-state index in [0.29, 0.717) is 12.4 Å². The minimum Gasteiger partial charge on any atom is -0.310 e. The highest BCUT2D eigenvalue weighted by Gasteiger charge is 2.25. The molecule has 1 aromatic carbocycles. The lowest BCUT2D eigenvalue weighted by atomic mass is 10.3. The summed E-state index contributed by atoms with van der Waals surface area (Å²) in [5.41, 5.74) is 0.810. The monoisotopic (exact) mass is 285 g/mol. The van der Waals surface area contributed by atoms with Crippen LogP contribution in [0, 0.1) is 0 Å². The number of para-hydroxylation sites is 1. The third-order valence-electron chi connectivity index (χ3n) is 2.63. The van der Waals surface area contributed by atoms with E-state index in [1.54, 1.807) is 4.68 Å². The average Bonchev–Trinajstić information content (AvgIpc) is 2.86. The number of tetrazole rings is 1. The first-order chi connectivity index (χ1) is 9.56. The zero-order valence-corrected chi connectivity index (χ0v) is 10.6. The Bertz CT molecular complexity index is 523. The molecule has 5 nitrogen and oxygen atoms in total. The van der Waals surface area contributed by atoms with Gasteiger partial charge in [0.05, 0.1) is 12.2 Å². The van der Waals surface area contributed by atoms with E-state index in [2.05, 4.69) is 20.8 Å². The van der Waals surface area contributed by atoms with Crippen LogP contribution in [0.4, 0.5) is 13.2 Å². The highest BCUT2D eigenvalue weighted by molar-refractivity contribution is 5.30. The first kappa shape index (κ1) is 14.4. The Kier molecular flexibility index (Phi) is 4.67. The molecule has 2 rings (SSSR count). The molecule has 2 aromatic rings. The fourth-order valence-corrected chi connectivity index (χ4v) is 1.70. The maximum atomic E-state index is 12.0. The lowest BCUT2D eigenvalue weighted by Crippen LogP contribution is -2.20. The molecule has 0 aliphatic heterocycles. The normalized spacial score (nSPS) is 11.8. The van der Waals surface area contributed by atoms with Gasteiger partial charge < -0.3 is 5.32 Å². The molecule has 0 amide bonds. The van der Waals surface area contributed by atoms with Crippen LogP contribution in [0.15, 0.2) is 30.3 Å². The van der Waals surface area contributed by atoms with E-state index in [-0.39, 0.29) is 13.0 Å². The van der Waals surface area contributed by atoms with Crippen molar-refractivity contribution in [3.05, 3.63) is 36.2 Å². The van der Waals surface area contributed by atoms with Gasteiger partial charge in [-0.3, -0.25) is 0 Å². The van der Waals surface area contributed by atoms with Gasteiger partial charge in [0, 0.05) is 6.42 Å². The maximum Gasteiger partial charge on any atom is 0.389 e. The number of hydrogen-bond donors (Lipinski definition) is 1. The molecular weight excluding hydrogens is 271 g/mol. The summed E-state index contributed by atoms with van der Waals surface area (Å²) < 4.78 is 37.5. The summed E-state index contributed by atoms with van der Waals surface area (Å²) in [5.74, 6) is 0.559. The molecule has 0 radical (unpaired) electrons. The molecular formula is C12H14F3N5. The van der Waals surface area contributed by atoms with Crippen LogP contribution in [-0.4, -0.2) is 32.9 Å². The molecule has 0 saturated carbocycles. The summed E-state index contributed by atoms with van der Waals surface area (Å²) in [6.07, 6.45) is -4.85. The van der Waals surface area contributed by atoms with Crippen molar-refractivity contribution in [1.82, 2.24) is 25.5 Å². The standard InChI is InChI=1S/C12H14F3N5/c13-12(14,15)7-4-8-16-9-11-17-18-19-20(11)10-5-2-1-3-6-10/h1-3,5-6,16H,4,7-9H2. The summed E-state index contributed by atoms with van der Waals surface area (Å²) in [6, 6.07) is 9.30. The van der Waals surface area contributed by atoms with Crippen molar-refractivity contribution in [2.24, 2.45) is 0 Å². The Morgan fingerprint density at radius 2 is 1.90 bits per heavy atom. The minimum atomic E-state index is -4.10. The van der Waals surface area contributed by atoms with Crippen LogP contribution in [0.5, 0.6) is 0 Å². The van der Waals surface area contributed by atoms with Crippen molar-refractivity contribution < 1.29 is 13.2 Å². The second-order valence-electron chi connectivity index (χ2n) is 4.24. The fraction of sp³-hybridized carbons (Fsp3) is 0.417. The van der Waals surface area contributed by atoms with Crippen LogP contribution < -0.4 is 5.32 Å². The van der Waals surface area contributed by atoms with Gasteiger partial charge in [-0.1, -0.05) is 18.2 Å². The SMILES string of the molecule is FC(F)(F)CCCNCc1nnnn1-c1ccccc1. The number of aromatic nitrogens is 4. The van der Waals surface area contributed by atoms with Crippen molar-refractivity contribution in [3.63, 3.8) is 0 Å². The molecule has 0 atom stereocenters. The topological polar surface area (TPSA) is 55.6 Å². The lowest BCUT2D eigenvalue weighted by Gasteiger charge is -2.07. The Hall–Kier alpha value is -1.96. The second-order valence-corrected chi connectivity index (χ2v) is 4.24. The molecule has 0 bridgehead atoms. The molecule has 1 N–H and O–H groups in total. The Labute approximate surface area is 113 Å². The molecule has 20 heavy (non-hydrogen) atoms. The zero-order valence-electron chi connectivity index (χ0n) is 10.6. The number of halogens is 3.